The first-order chi connectivity index (χ1) is 18.0. The molecule has 8 heteroatoms. The molecule has 1 aliphatic heterocycles. The fourth-order valence-corrected chi connectivity index (χ4v) is 7.09. The van der Waals surface area contributed by atoms with Crippen molar-refractivity contribution >= 4 is 27.5 Å². The standard InChI is InChI=1S/C29H45N3O4S/c1-30-20-24(19-22-9-4-3-5-10-22)31-28(33)32-15-17-36-26(21-32)29(34,14-6-7-16-35-2)25-12-8-11-23-13-18-37-27(23)25/h8,11-13,18,22,24,26,30,34H,3-7,9-10,14-17,19-21H2,1-2H3,(H,31,33)/t24-,26?,29-/m0/s1. The molecule has 0 radical (unpaired) electrons. The maximum Gasteiger partial charge on any atom is 0.317 e. The van der Waals surface area contributed by atoms with Crippen LogP contribution in [-0.4, -0.2) is 75.2 Å². The van der Waals surface area contributed by atoms with Gasteiger partial charge in [-0.15, -0.1) is 11.3 Å². The molecule has 2 fully saturated rings. The van der Waals surface area contributed by atoms with Gasteiger partial charge in [0.05, 0.1) is 13.2 Å². The first-order valence-corrected chi connectivity index (χ1v) is 14.9. The summed E-state index contributed by atoms with van der Waals surface area (Å²) in [7, 11) is 3.65. The molecule has 3 atom stereocenters. The molecule has 1 aliphatic carbocycles. The molecule has 206 valence electrons. The summed E-state index contributed by atoms with van der Waals surface area (Å²) in [4.78, 5) is 15.3. The number of benzene rings is 1. The van der Waals surface area contributed by atoms with Crippen LogP contribution in [0.2, 0.25) is 0 Å². The Hall–Kier alpha value is -1.71. The molecule has 1 saturated carbocycles. The Kier molecular flexibility index (Phi) is 10.6. The molecule has 2 aromatic rings. The molecule has 3 N–H and O–H groups in total. The number of carbonyl (C=O) groups excluding carboxylic acids is 1. The molecule has 2 heterocycles. The normalized spacial score (nSPS) is 21.6. The first-order valence-electron chi connectivity index (χ1n) is 14.0. The smallest absolute Gasteiger partial charge is 0.317 e. The van der Waals surface area contributed by atoms with Crippen LogP contribution >= 0.6 is 11.3 Å². The number of nitrogens with one attached hydrogen (secondary N) is 2. The van der Waals surface area contributed by atoms with Crippen molar-refractivity contribution in [3.8, 4) is 0 Å². The molecule has 37 heavy (non-hydrogen) atoms. The Morgan fingerprint density at radius 2 is 2.11 bits per heavy atom. The second-order valence-corrected chi connectivity index (χ2v) is 11.7. The van der Waals surface area contributed by atoms with Crippen LogP contribution in [0.5, 0.6) is 0 Å². The molecule has 2 aliphatic rings. The maximum atomic E-state index is 13.4. The Balaban J connectivity index is 1.48. The zero-order valence-electron chi connectivity index (χ0n) is 22.5. The lowest BCUT2D eigenvalue weighted by molar-refractivity contribution is -0.145. The Morgan fingerprint density at radius 1 is 1.27 bits per heavy atom. The molecule has 0 bridgehead atoms. The van der Waals surface area contributed by atoms with Gasteiger partial charge in [0, 0.05) is 43.1 Å². The van der Waals surface area contributed by atoms with E-state index in [4.69, 9.17) is 9.47 Å². The highest BCUT2D eigenvalue weighted by molar-refractivity contribution is 7.17. The fourth-order valence-electron chi connectivity index (χ4n) is 6.10. The van der Waals surface area contributed by atoms with Gasteiger partial charge in [-0.1, -0.05) is 50.3 Å². The van der Waals surface area contributed by atoms with Crippen LogP contribution in [0.15, 0.2) is 29.6 Å². The minimum Gasteiger partial charge on any atom is -0.385 e. The predicted octanol–water partition coefficient (Wildman–Crippen LogP) is 4.87. The number of urea groups is 1. The number of morpholine rings is 1. The van der Waals surface area contributed by atoms with E-state index in [0.29, 0.717) is 38.6 Å². The van der Waals surface area contributed by atoms with E-state index in [9.17, 15) is 9.90 Å². The van der Waals surface area contributed by atoms with Crippen molar-refractivity contribution in [3.05, 3.63) is 35.2 Å². The molecule has 0 spiro atoms. The first kappa shape index (κ1) is 28.3. The summed E-state index contributed by atoms with van der Waals surface area (Å²) in [5.41, 5.74) is -0.293. The van der Waals surface area contributed by atoms with Crippen molar-refractivity contribution in [1.82, 2.24) is 15.5 Å². The third-order valence-electron chi connectivity index (χ3n) is 8.11. The van der Waals surface area contributed by atoms with Crippen LogP contribution in [0.1, 0.15) is 63.4 Å². The Morgan fingerprint density at radius 3 is 2.89 bits per heavy atom. The predicted molar refractivity (Wildman–Crippen MR) is 150 cm³/mol. The van der Waals surface area contributed by atoms with Crippen molar-refractivity contribution in [2.24, 2.45) is 5.92 Å². The Bertz CT molecular complexity index is 979. The summed E-state index contributed by atoms with van der Waals surface area (Å²) in [5, 5.41) is 22.0. The van der Waals surface area contributed by atoms with E-state index in [1.807, 2.05) is 24.1 Å². The number of amides is 2. The van der Waals surface area contributed by atoms with Gasteiger partial charge in [-0.25, -0.2) is 4.79 Å². The number of aliphatic hydroxyl groups is 1. The van der Waals surface area contributed by atoms with Gasteiger partial charge in [-0.05, 0) is 55.5 Å². The summed E-state index contributed by atoms with van der Waals surface area (Å²) < 4.78 is 12.6. The average Bonchev–Trinajstić information content (AvgIpc) is 3.41. The molecular weight excluding hydrogens is 486 g/mol. The zero-order chi connectivity index (χ0) is 26.1. The van der Waals surface area contributed by atoms with Gasteiger partial charge in [-0.2, -0.15) is 0 Å². The molecule has 2 amide bonds. The van der Waals surface area contributed by atoms with Crippen LogP contribution in [0.25, 0.3) is 10.1 Å². The van der Waals surface area contributed by atoms with E-state index in [0.717, 1.165) is 41.5 Å². The summed E-state index contributed by atoms with van der Waals surface area (Å²) in [6.07, 6.45) is 9.21. The highest BCUT2D eigenvalue weighted by Gasteiger charge is 2.43. The van der Waals surface area contributed by atoms with Gasteiger partial charge < -0.3 is 30.1 Å². The minimum absolute atomic E-state index is 0.0552. The lowest BCUT2D eigenvalue weighted by Gasteiger charge is -2.43. The van der Waals surface area contributed by atoms with Gasteiger partial charge >= 0.3 is 6.03 Å². The highest BCUT2D eigenvalue weighted by atomic mass is 32.1. The molecular formula is C29H45N3O4S. The molecule has 4 rings (SSSR count). The van der Waals surface area contributed by atoms with Crippen molar-refractivity contribution in [2.45, 2.75) is 75.5 Å². The molecule has 1 unspecified atom stereocenters. The van der Waals surface area contributed by atoms with Crippen LogP contribution in [0.3, 0.4) is 0 Å². The van der Waals surface area contributed by atoms with Crippen molar-refractivity contribution in [3.63, 3.8) is 0 Å². The fraction of sp³-hybridized carbons (Fsp3) is 0.690. The minimum atomic E-state index is -1.19. The summed E-state index contributed by atoms with van der Waals surface area (Å²) in [5.74, 6) is 0.688. The van der Waals surface area contributed by atoms with Crippen LogP contribution in [0.4, 0.5) is 4.79 Å². The maximum absolute atomic E-state index is 13.4. The number of likely N-dealkylation sites (N-methyl/N-ethyl adjacent to an activating group) is 1. The number of fused-ring (bicyclic) bond motifs is 1. The van der Waals surface area contributed by atoms with Crippen LogP contribution in [-0.2, 0) is 15.1 Å². The van der Waals surface area contributed by atoms with E-state index in [2.05, 4.69) is 28.1 Å². The molecule has 1 aromatic carbocycles. The number of thiophene rings is 1. The lowest BCUT2D eigenvalue weighted by atomic mass is 9.82. The van der Waals surface area contributed by atoms with Gasteiger partial charge in [0.2, 0.25) is 0 Å². The SMILES string of the molecule is CNC[C@H](CC1CCCCC1)NC(=O)N1CCOC([C@](O)(CCCCOC)c2cccc3ccsc23)C1. The monoisotopic (exact) mass is 531 g/mol. The second-order valence-electron chi connectivity index (χ2n) is 10.8. The quantitative estimate of drug-likeness (QED) is 0.340. The van der Waals surface area contributed by atoms with Gasteiger partial charge in [0.1, 0.15) is 11.7 Å². The lowest BCUT2D eigenvalue weighted by Crippen LogP contribution is -2.58. The number of methoxy groups -OCH3 is 1. The van der Waals surface area contributed by atoms with Crippen LogP contribution < -0.4 is 10.6 Å². The number of nitrogens with zero attached hydrogens (tertiary/aromatic N) is 1. The Labute approximate surface area is 225 Å². The summed E-state index contributed by atoms with van der Waals surface area (Å²) in [6.45, 7) is 2.73. The van der Waals surface area contributed by atoms with Crippen LogP contribution in [0, 0.1) is 5.92 Å². The van der Waals surface area contributed by atoms with E-state index >= 15 is 0 Å². The van der Waals surface area contributed by atoms with Crippen molar-refractivity contribution in [2.75, 3.05) is 47.0 Å². The second kappa shape index (κ2) is 13.9. The topological polar surface area (TPSA) is 83.1 Å². The third kappa shape index (κ3) is 7.24. The van der Waals surface area contributed by atoms with E-state index in [1.54, 1.807) is 18.4 Å². The van der Waals surface area contributed by atoms with E-state index < -0.39 is 11.7 Å². The number of hydrogen-bond donors (Lipinski definition) is 3. The summed E-state index contributed by atoms with van der Waals surface area (Å²) in [6, 6.07) is 8.24. The van der Waals surface area contributed by atoms with Gasteiger partial charge in [0.25, 0.3) is 0 Å². The number of carbonyl (C=O) groups is 1. The van der Waals surface area contributed by atoms with Crippen molar-refractivity contribution in [1.29, 1.82) is 0 Å². The number of unbranched alkanes of at least 4 members (excludes halogenated alkanes) is 1. The highest BCUT2D eigenvalue weighted by Crippen LogP contribution is 2.40. The zero-order valence-corrected chi connectivity index (χ0v) is 23.4. The van der Waals surface area contributed by atoms with Crippen molar-refractivity contribution < 1.29 is 19.4 Å². The van der Waals surface area contributed by atoms with E-state index in [-0.39, 0.29) is 12.1 Å². The average molecular weight is 532 g/mol. The largest absolute Gasteiger partial charge is 0.385 e. The third-order valence-corrected chi connectivity index (χ3v) is 9.07. The number of ether oxygens (including phenoxy) is 2. The van der Waals surface area contributed by atoms with Gasteiger partial charge in [-0.3, -0.25) is 0 Å². The molecule has 1 saturated heterocycles. The van der Waals surface area contributed by atoms with Gasteiger partial charge in [0.15, 0.2) is 0 Å². The number of hydrogen-bond acceptors (Lipinski definition) is 6. The molecule has 7 nitrogen and oxygen atoms in total. The molecule has 1 aromatic heterocycles. The van der Waals surface area contributed by atoms with E-state index in [1.165, 1.54) is 32.1 Å². The number of rotatable bonds is 12. The summed E-state index contributed by atoms with van der Waals surface area (Å²) >= 11 is 1.65.